The monoisotopic (exact) mass is 306 g/mol. The summed E-state index contributed by atoms with van der Waals surface area (Å²) >= 11 is 0. The van der Waals surface area contributed by atoms with Crippen molar-refractivity contribution in [2.75, 3.05) is 0 Å². The minimum Gasteiger partial charge on any atom is -0.333 e. The minimum atomic E-state index is -0.218. The fourth-order valence-electron chi connectivity index (χ4n) is 2.81. The van der Waals surface area contributed by atoms with E-state index in [1.54, 1.807) is 30.9 Å². The number of fused-ring (bicyclic) bond motifs is 1. The molecule has 0 unspecified atom stereocenters. The zero-order chi connectivity index (χ0) is 15.6. The lowest BCUT2D eigenvalue weighted by Crippen LogP contribution is -1.99. The molecule has 0 aliphatic heterocycles. The lowest BCUT2D eigenvalue weighted by molar-refractivity contribution is 0.626. The maximum Gasteiger partial charge on any atom is 0.140 e. The van der Waals surface area contributed by atoms with Crippen LogP contribution < -0.4 is 0 Å². The zero-order valence-corrected chi connectivity index (χ0v) is 12.4. The Morgan fingerprint density at radius 1 is 1.00 bits per heavy atom. The highest BCUT2D eigenvalue weighted by Gasteiger charge is 2.10. The van der Waals surface area contributed by atoms with Crippen LogP contribution in [-0.4, -0.2) is 19.1 Å². The molecule has 4 aromatic rings. The van der Waals surface area contributed by atoms with Crippen LogP contribution in [0.25, 0.3) is 11.0 Å². The third kappa shape index (κ3) is 2.73. The maximum atomic E-state index is 13.1. The van der Waals surface area contributed by atoms with Crippen LogP contribution in [0, 0.1) is 5.82 Å². The highest BCUT2D eigenvalue weighted by atomic mass is 19.1. The SMILES string of the molecule is Fc1ccc(Cn2cc(Cn3ccnc3)c3cccnc32)cc1. The van der Waals surface area contributed by atoms with Crippen molar-refractivity contribution in [3.8, 4) is 0 Å². The Morgan fingerprint density at radius 2 is 1.87 bits per heavy atom. The van der Waals surface area contributed by atoms with Crippen molar-refractivity contribution in [3.05, 3.63) is 84.5 Å². The first-order valence-corrected chi connectivity index (χ1v) is 7.42. The van der Waals surface area contributed by atoms with E-state index in [0.717, 1.165) is 23.1 Å². The van der Waals surface area contributed by atoms with Crippen LogP contribution >= 0.6 is 0 Å². The van der Waals surface area contributed by atoms with E-state index >= 15 is 0 Å². The van der Waals surface area contributed by atoms with Gasteiger partial charge in [-0.05, 0) is 35.4 Å². The van der Waals surface area contributed by atoms with Gasteiger partial charge in [-0.15, -0.1) is 0 Å². The van der Waals surface area contributed by atoms with E-state index in [1.807, 2.05) is 16.8 Å². The van der Waals surface area contributed by atoms with E-state index in [1.165, 1.54) is 17.7 Å². The van der Waals surface area contributed by atoms with Crippen LogP contribution in [0.3, 0.4) is 0 Å². The van der Waals surface area contributed by atoms with Gasteiger partial charge in [0, 0.05) is 36.7 Å². The fourth-order valence-corrected chi connectivity index (χ4v) is 2.81. The number of imidazole rings is 1. The first-order chi connectivity index (χ1) is 11.3. The molecule has 0 radical (unpaired) electrons. The predicted molar refractivity (Wildman–Crippen MR) is 86.6 cm³/mol. The second-order valence-corrected chi connectivity index (χ2v) is 5.52. The van der Waals surface area contributed by atoms with Gasteiger partial charge in [0.1, 0.15) is 11.5 Å². The van der Waals surface area contributed by atoms with E-state index < -0.39 is 0 Å². The number of rotatable bonds is 4. The van der Waals surface area contributed by atoms with E-state index in [0.29, 0.717) is 6.54 Å². The lowest BCUT2D eigenvalue weighted by Gasteiger charge is -2.04. The van der Waals surface area contributed by atoms with Gasteiger partial charge in [-0.2, -0.15) is 0 Å². The summed E-state index contributed by atoms with van der Waals surface area (Å²) in [5.41, 5.74) is 3.17. The normalized spacial score (nSPS) is 11.2. The summed E-state index contributed by atoms with van der Waals surface area (Å²) in [5, 5.41) is 1.13. The molecule has 4 rings (SSSR count). The molecule has 3 aromatic heterocycles. The van der Waals surface area contributed by atoms with Crippen molar-refractivity contribution >= 4 is 11.0 Å². The predicted octanol–water partition coefficient (Wildman–Crippen LogP) is 3.47. The van der Waals surface area contributed by atoms with Gasteiger partial charge in [-0.1, -0.05) is 12.1 Å². The highest BCUT2D eigenvalue weighted by molar-refractivity contribution is 5.80. The zero-order valence-electron chi connectivity index (χ0n) is 12.4. The molecule has 0 aliphatic rings. The van der Waals surface area contributed by atoms with Crippen LogP contribution in [0.5, 0.6) is 0 Å². The summed E-state index contributed by atoms with van der Waals surface area (Å²) in [5.74, 6) is -0.218. The summed E-state index contributed by atoms with van der Waals surface area (Å²) in [6.07, 6.45) is 9.43. The third-order valence-electron chi connectivity index (χ3n) is 3.89. The van der Waals surface area contributed by atoms with Crippen LogP contribution in [0.15, 0.2) is 67.5 Å². The van der Waals surface area contributed by atoms with Crippen LogP contribution in [0.4, 0.5) is 4.39 Å². The summed E-state index contributed by atoms with van der Waals surface area (Å²) in [4.78, 5) is 8.60. The molecule has 0 fully saturated rings. The molecule has 4 nitrogen and oxygen atoms in total. The maximum absolute atomic E-state index is 13.1. The van der Waals surface area contributed by atoms with Crippen LogP contribution in [-0.2, 0) is 13.1 Å². The number of pyridine rings is 1. The number of nitrogens with zero attached hydrogens (tertiary/aromatic N) is 4. The number of hydrogen-bond donors (Lipinski definition) is 0. The summed E-state index contributed by atoms with van der Waals surface area (Å²) < 4.78 is 17.2. The van der Waals surface area contributed by atoms with Crippen molar-refractivity contribution in [1.82, 2.24) is 19.1 Å². The Kier molecular flexibility index (Phi) is 3.38. The molecule has 23 heavy (non-hydrogen) atoms. The smallest absolute Gasteiger partial charge is 0.140 e. The molecule has 0 saturated heterocycles. The molecular formula is C18H15FN4. The lowest BCUT2D eigenvalue weighted by atomic mass is 10.2. The molecule has 0 aliphatic carbocycles. The third-order valence-corrected chi connectivity index (χ3v) is 3.89. The van der Waals surface area contributed by atoms with Crippen molar-refractivity contribution in [2.45, 2.75) is 13.1 Å². The van der Waals surface area contributed by atoms with Gasteiger partial charge >= 0.3 is 0 Å². The van der Waals surface area contributed by atoms with E-state index in [9.17, 15) is 4.39 Å². The molecule has 0 amide bonds. The summed E-state index contributed by atoms with van der Waals surface area (Å²) in [6, 6.07) is 10.6. The van der Waals surface area contributed by atoms with Crippen molar-refractivity contribution in [2.24, 2.45) is 0 Å². The van der Waals surface area contributed by atoms with Gasteiger partial charge in [0.2, 0.25) is 0 Å². The average Bonchev–Trinajstić information content (AvgIpc) is 3.19. The first-order valence-electron chi connectivity index (χ1n) is 7.42. The van der Waals surface area contributed by atoms with Crippen molar-refractivity contribution in [1.29, 1.82) is 0 Å². The molecule has 1 aromatic carbocycles. The minimum absolute atomic E-state index is 0.218. The quantitative estimate of drug-likeness (QED) is 0.579. The van der Waals surface area contributed by atoms with Gasteiger partial charge in [-0.3, -0.25) is 0 Å². The van der Waals surface area contributed by atoms with Crippen LogP contribution in [0.2, 0.25) is 0 Å². The second kappa shape index (κ2) is 5.68. The van der Waals surface area contributed by atoms with Gasteiger partial charge in [0.15, 0.2) is 0 Å². The molecular weight excluding hydrogens is 291 g/mol. The van der Waals surface area contributed by atoms with Crippen molar-refractivity contribution in [3.63, 3.8) is 0 Å². The number of benzene rings is 1. The Hall–Kier alpha value is -2.95. The van der Waals surface area contributed by atoms with Gasteiger partial charge in [-0.25, -0.2) is 14.4 Å². The van der Waals surface area contributed by atoms with Crippen LogP contribution in [0.1, 0.15) is 11.1 Å². The number of aromatic nitrogens is 4. The molecule has 0 N–H and O–H groups in total. The largest absolute Gasteiger partial charge is 0.333 e. The summed E-state index contributed by atoms with van der Waals surface area (Å²) in [7, 11) is 0. The fraction of sp³-hybridized carbons (Fsp3) is 0.111. The van der Waals surface area contributed by atoms with E-state index in [2.05, 4.69) is 26.8 Å². The number of halogens is 1. The number of hydrogen-bond acceptors (Lipinski definition) is 2. The molecule has 0 bridgehead atoms. The average molecular weight is 306 g/mol. The second-order valence-electron chi connectivity index (χ2n) is 5.52. The Labute approximate surface area is 132 Å². The Bertz CT molecular complexity index is 923. The molecule has 0 atom stereocenters. The molecule has 5 heteroatoms. The van der Waals surface area contributed by atoms with Crippen molar-refractivity contribution < 1.29 is 4.39 Å². The highest BCUT2D eigenvalue weighted by Crippen LogP contribution is 2.21. The van der Waals surface area contributed by atoms with Gasteiger partial charge in [0.25, 0.3) is 0 Å². The standard InChI is InChI=1S/C18H15FN4/c19-16-5-3-14(4-6-16)10-23-12-15(11-22-9-8-20-13-22)17-2-1-7-21-18(17)23/h1-9,12-13H,10-11H2. The van der Waals surface area contributed by atoms with E-state index in [-0.39, 0.29) is 5.82 Å². The van der Waals surface area contributed by atoms with Gasteiger partial charge in [0.05, 0.1) is 12.9 Å². The van der Waals surface area contributed by atoms with Gasteiger partial charge < -0.3 is 9.13 Å². The Balaban J connectivity index is 1.73. The molecule has 114 valence electrons. The summed E-state index contributed by atoms with van der Waals surface area (Å²) in [6.45, 7) is 1.41. The molecule has 3 heterocycles. The molecule has 0 saturated carbocycles. The Morgan fingerprint density at radius 3 is 2.65 bits per heavy atom. The molecule has 0 spiro atoms. The topological polar surface area (TPSA) is 35.6 Å². The van der Waals surface area contributed by atoms with E-state index in [4.69, 9.17) is 0 Å². The first kappa shape index (κ1) is 13.7.